The predicted octanol–water partition coefficient (Wildman–Crippen LogP) is 1.88. The van der Waals surface area contributed by atoms with Gasteiger partial charge in [0.1, 0.15) is 6.54 Å². The highest BCUT2D eigenvalue weighted by Crippen LogP contribution is 2.17. The van der Waals surface area contributed by atoms with E-state index in [0.29, 0.717) is 11.2 Å². The minimum Gasteiger partial charge on any atom is -0.399 e. The van der Waals surface area contributed by atoms with Crippen LogP contribution < -0.4 is 5.73 Å². The molecule has 0 aliphatic rings. The molecule has 0 radical (unpaired) electrons. The van der Waals surface area contributed by atoms with Crippen LogP contribution in [0, 0.1) is 0 Å². The molecule has 0 fully saturated rings. The Morgan fingerprint density at radius 3 is 2.93 bits per heavy atom. The summed E-state index contributed by atoms with van der Waals surface area (Å²) in [5, 5.41) is 4.64. The zero-order valence-electron chi connectivity index (χ0n) is 7.32. The Labute approximate surface area is 79.1 Å². The fourth-order valence-electron chi connectivity index (χ4n) is 1.38. The number of hydrogen-bond donors (Lipinski definition) is 1. The molecule has 1 aromatic heterocycles. The molecule has 0 unspecified atom stereocenters. The van der Waals surface area contributed by atoms with Crippen molar-refractivity contribution in [3.8, 4) is 0 Å². The number of nitrogens with zero attached hydrogens (tertiary/aromatic N) is 2. The molecule has 0 saturated heterocycles. The molecular formula is C9H9F2N3. The average Bonchev–Trinajstić information content (AvgIpc) is 2.47. The lowest BCUT2D eigenvalue weighted by Crippen LogP contribution is -2.07. The van der Waals surface area contributed by atoms with Crippen molar-refractivity contribution in [3.63, 3.8) is 0 Å². The summed E-state index contributed by atoms with van der Waals surface area (Å²) < 4.78 is 25.5. The van der Waals surface area contributed by atoms with Gasteiger partial charge in [-0.05, 0) is 18.2 Å². The van der Waals surface area contributed by atoms with E-state index in [-0.39, 0.29) is 6.54 Å². The van der Waals surface area contributed by atoms with Gasteiger partial charge in [-0.15, -0.1) is 0 Å². The number of nitrogen functional groups attached to an aromatic ring is 1. The maximum Gasteiger partial charge on any atom is 0.257 e. The summed E-state index contributed by atoms with van der Waals surface area (Å²) in [4.78, 5) is 0. The number of aromatic nitrogens is 2. The molecule has 0 saturated carbocycles. The van der Waals surface area contributed by atoms with Gasteiger partial charge < -0.3 is 5.73 Å². The van der Waals surface area contributed by atoms with Gasteiger partial charge in [-0.3, -0.25) is 4.68 Å². The SMILES string of the molecule is Nc1ccc2c(cnn2CC(F)F)c1. The smallest absolute Gasteiger partial charge is 0.257 e. The van der Waals surface area contributed by atoms with E-state index in [1.54, 1.807) is 18.2 Å². The van der Waals surface area contributed by atoms with Crippen LogP contribution in [0.15, 0.2) is 24.4 Å². The summed E-state index contributed by atoms with van der Waals surface area (Å²) in [6, 6.07) is 5.08. The Balaban J connectivity index is 2.47. The molecule has 5 heteroatoms. The predicted molar refractivity (Wildman–Crippen MR) is 50.1 cm³/mol. The van der Waals surface area contributed by atoms with Crippen LogP contribution in [0.3, 0.4) is 0 Å². The monoisotopic (exact) mass is 197 g/mol. The summed E-state index contributed by atoms with van der Waals surface area (Å²) in [5.41, 5.74) is 6.83. The molecule has 0 aliphatic heterocycles. The third-order valence-corrected chi connectivity index (χ3v) is 1.98. The van der Waals surface area contributed by atoms with Crippen molar-refractivity contribution in [1.29, 1.82) is 0 Å². The first-order chi connectivity index (χ1) is 6.66. The van der Waals surface area contributed by atoms with Crippen molar-refractivity contribution in [2.24, 2.45) is 0 Å². The van der Waals surface area contributed by atoms with E-state index < -0.39 is 6.43 Å². The van der Waals surface area contributed by atoms with Crippen LogP contribution in [0.2, 0.25) is 0 Å². The lowest BCUT2D eigenvalue weighted by Gasteiger charge is -2.01. The average molecular weight is 197 g/mol. The van der Waals surface area contributed by atoms with Crippen molar-refractivity contribution in [3.05, 3.63) is 24.4 Å². The van der Waals surface area contributed by atoms with Crippen LogP contribution in [0.25, 0.3) is 10.9 Å². The normalized spacial score (nSPS) is 11.4. The number of anilines is 1. The Hall–Kier alpha value is -1.65. The van der Waals surface area contributed by atoms with Crippen molar-refractivity contribution in [1.82, 2.24) is 9.78 Å². The second kappa shape index (κ2) is 3.25. The van der Waals surface area contributed by atoms with E-state index in [4.69, 9.17) is 5.73 Å². The Bertz CT molecular complexity index is 450. The molecule has 74 valence electrons. The number of benzene rings is 1. The Morgan fingerprint density at radius 2 is 2.21 bits per heavy atom. The number of halogens is 2. The minimum atomic E-state index is -2.39. The van der Waals surface area contributed by atoms with Crippen molar-refractivity contribution < 1.29 is 8.78 Å². The number of fused-ring (bicyclic) bond motifs is 1. The number of hydrogen-bond acceptors (Lipinski definition) is 2. The highest BCUT2D eigenvalue weighted by molar-refractivity contribution is 5.81. The molecule has 0 bridgehead atoms. The van der Waals surface area contributed by atoms with Gasteiger partial charge in [0, 0.05) is 11.1 Å². The summed E-state index contributed by atoms with van der Waals surface area (Å²) >= 11 is 0. The first kappa shape index (κ1) is 8.93. The molecule has 3 nitrogen and oxygen atoms in total. The molecule has 1 aromatic carbocycles. The van der Waals surface area contributed by atoms with E-state index in [9.17, 15) is 8.78 Å². The number of nitrogens with two attached hydrogens (primary N) is 1. The molecule has 2 aromatic rings. The molecule has 0 spiro atoms. The van der Waals surface area contributed by atoms with Gasteiger partial charge in [0.15, 0.2) is 0 Å². The van der Waals surface area contributed by atoms with Crippen molar-refractivity contribution in [2.75, 3.05) is 5.73 Å². The summed E-state index contributed by atoms with van der Waals surface area (Å²) in [6.07, 6.45) is -0.857. The minimum absolute atomic E-state index is 0.382. The summed E-state index contributed by atoms with van der Waals surface area (Å²) in [6.45, 7) is -0.382. The highest BCUT2D eigenvalue weighted by atomic mass is 19.3. The molecular weight excluding hydrogens is 188 g/mol. The molecule has 0 amide bonds. The van der Waals surface area contributed by atoms with Crippen LogP contribution in [-0.4, -0.2) is 16.2 Å². The second-order valence-corrected chi connectivity index (χ2v) is 3.04. The van der Waals surface area contributed by atoms with E-state index in [2.05, 4.69) is 5.10 Å². The molecule has 1 heterocycles. The van der Waals surface area contributed by atoms with Gasteiger partial charge in [0.05, 0.1) is 11.7 Å². The molecule has 0 aliphatic carbocycles. The van der Waals surface area contributed by atoms with Gasteiger partial charge in [-0.2, -0.15) is 5.10 Å². The third kappa shape index (κ3) is 1.53. The van der Waals surface area contributed by atoms with Crippen LogP contribution in [0.1, 0.15) is 0 Å². The zero-order chi connectivity index (χ0) is 10.1. The fourth-order valence-corrected chi connectivity index (χ4v) is 1.38. The third-order valence-electron chi connectivity index (χ3n) is 1.98. The first-order valence-electron chi connectivity index (χ1n) is 4.16. The summed E-state index contributed by atoms with van der Waals surface area (Å²) in [7, 11) is 0. The molecule has 2 rings (SSSR count). The maximum absolute atomic E-state index is 12.1. The molecule has 14 heavy (non-hydrogen) atoms. The van der Waals surface area contributed by atoms with E-state index >= 15 is 0 Å². The quantitative estimate of drug-likeness (QED) is 0.747. The van der Waals surface area contributed by atoms with Gasteiger partial charge in [0.25, 0.3) is 6.43 Å². The van der Waals surface area contributed by atoms with Crippen molar-refractivity contribution in [2.45, 2.75) is 13.0 Å². The number of rotatable bonds is 2. The largest absolute Gasteiger partial charge is 0.399 e. The van der Waals surface area contributed by atoms with E-state index in [1.165, 1.54) is 10.9 Å². The van der Waals surface area contributed by atoms with Crippen molar-refractivity contribution >= 4 is 16.6 Å². The summed E-state index contributed by atoms with van der Waals surface area (Å²) in [5.74, 6) is 0. The Morgan fingerprint density at radius 1 is 1.43 bits per heavy atom. The second-order valence-electron chi connectivity index (χ2n) is 3.04. The van der Waals surface area contributed by atoms with Crippen LogP contribution in [0.5, 0.6) is 0 Å². The lowest BCUT2D eigenvalue weighted by molar-refractivity contribution is 0.123. The highest BCUT2D eigenvalue weighted by Gasteiger charge is 2.08. The van der Waals surface area contributed by atoms with Crippen LogP contribution >= 0.6 is 0 Å². The zero-order valence-corrected chi connectivity index (χ0v) is 7.32. The first-order valence-corrected chi connectivity index (χ1v) is 4.16. The van der Waals surface area contributed by atoms with Gasteiger partial charge >= 0.3 is 0 Å². The maximum atomic E-state index is 12.1. The topological polar surface area (TPSA) is 43.8 Å². The van der Waals surface area contributed by atoms with Gasteiger partial charge in [-0.25, -0.2) is 8.78 Å². The van der Waals surface area contributed by atoms with E-state index in [0.717, 1.165) is 5.39 Å². The number of alkyl halides is 2. The van der Waals surface area contributed by atoms with Crippen LogP contribution in [0.4, 0.5) is 14.5 Å². The molecule has 0 atom stereocenters. The van der Waals surface area contributed by atoms with E-state index in [1.807, 2.05) is 0 Å². The standard InChI is InChI=1S/C9H9F2N3/c10-9(11)5-14-8-2-1-7(12)3-6(8)4-13-14/h1-4,9H,5,12H2. The Kier molecular flexibility index (Phi) is 2.07. The van der Waals surface area contributed by atoms with Crippen LogP contribution in [-0.2, 0) is 6.54 Å². The van der Waals surface area contributed by atoms with Gasteiger partial charge in [-0.1, -0.05) is 0 Å². The lowest BCUT2D eigenvalue weighted by atomic mass is 10.2. The fraction of sp³-hybridized carbons (Fsp3) is 0.222. The molecule has 2 N–H and O–H groups in total. The van der Waals surface area contributed by atoms with Gasteiger partial charge in [0.2, 0.25) is 0 Å².